The van der Waals surface area contributed by atoms with Crippen molar-refractivity contribution in [3.63, 3.8) is 0 Å². The lowest BCUT2D eigenvalue weighted by Gasteiger charge is -2.28. The smallest absolute Gasteiger partial charge is 0.251 e. The summed E-state index contributed by atoms with van der Waals surface area (Å²) in [5.41, 5.74) is 0.0129. The molecule has 1 aliphatic carbocycles. The molecule has 0 bridgehead atoms. The minimum absolute atomic E-state index is 0.0129. The maximum Gasteiger partial charge on any atom is 0.251 e. The average Bonchev–Trinajstić information content (AvgIpc) is 2.55. The standard InChI is InChI=1S/C12H15F3N2/c1-12(2)5-3-4-9(12)16-11-8(14)6-7(13)10(15)17-11/h6,9H,3-5H2,1-2H3,(H,16,17). The van der Waals surface area contributed by atoms with Crippen molar-refractivity contribution >= 4 is 5.82 Å². The Labute approximate surface area is 98.2 Å². The molecule has 0 amide bonds. The topological polar surface area (TPSA) is 24.9 Å². The van der Waals surface area contributed by atoms with Gasteiger partial charge in [0.25, 0.3) is 5.95 Å². The van der Waals surface area contributed by atoms with Crippen molar-refractivity contribution in [2.45, 2.75) is 39.2 Å². The van der Waals surface area contributed by atoms with Crippen molar-refractivity contribution in [3.8, 4) is 0 Å². The number of halogens is 3. The van der Waals surface area contributed by atoms with E-state index in [0.29, 0.717) is 6.07 Å². The number of nitrogens with one attached hydrogen (secondary N) is 1. The first-order valence-corrected chi connectivity index (χ1v) is 5.68. The molecular weight excluding hydrogens is 229 g/mol. The van der Waals surface area contributed by atoms with Gasteiger partial charge in [0.2, 0.25) is 0 Å². The predicted molar refractivity (Wildman–Crippen MR) is 59.2 cm³/mol. The van der Waals surface area contributed by atoms with Gasteiger partial charge in [-0.15, -0.1) is 0 Å². The largest absolute Gasteiger partial charge is 0.364 e. The molecule has 1 aliphatic rings. The molecule has 0 aromatic carbocycles. The normalized spacial score (nSPS) is 22.8. The van der Waals surface area contributed by atoms with Crippen LogP contribution in [0.15, 0.2) is 6.07 Å². The zero-order valence-corrected chi connectivity index (χ0v) is 9.86. The summed E-state index contributed by atoms with van der Waals surface area (Å²) < 4.78 is 39.1. The molecule has 5 heteroatoms. The number of hydrogen-bond donors (Lipinski definition) is 1. The fourth-order valence-corrected chi connectivity index (χ4v) is 2.30. The lowest BCUT2D eigenvalue weighted by Crippen LogP contribution is -2.31. The number of aromatic nitrogens is 1. The first-order valence-electron chi connectivity index (χ1n) is 5.68. The van der Waals surface area contributed by atoms with Crippen molar-refractivity contribution in [2.75, 3.05) is 5.32 Å². The third-order valence-electron chi connectivity index (χ3n) is 3.45. The van der Waals surface area contributed by atoms with Crippen molar-refractivity contribution in [2.24, 2.45) is 5.41 Å². The van der Waals surface area contributed by atoms with E-state index in [4.69, 9.17) is 0 Å². The van der Waals surface area contributed by atoms with Crippen LogP contribution in [-0.4, -0.2) is 11.0 Å². The minimum atomic E-state index is -1.27. The molecule has 1 fully saturated rings. The SMILES string of the molecule is CC1(C)CCCC1Nc1nc(F)c(F)cc1F. The van der Waals surface area contributed by atoms with Gasteiger partial charge in [0.1, 0.15) is 0 Å². The predicted octanol–water partition coefficient (Wildman–Crippen LogP) is 3.49. The Morgan fingerprint density at radius 3 is 2.59 bits per heavy atom. The van der Waals surface area contributed by atoms with Crippen LogP contribution in [0.25, 0.3) is 0 Å². The summed E-state index contributed by atoms with van der Waals surface area (Å²) in [7, 11) is 0. The summed E-state index contributed by atoms with van der Waals surface area (Å²) in [4.78, 5) is 3.27. The highest BCUT2D eigenvalue weighted by molar-refractivity contribution is 5.38. The number of pyridine rings is 1. The summed E-state index contributed by atoms with van der Waals surface area (Å²) in [6, 6.07) is 0.557. The van der Waals surface area contributed by atoms with E-state index in [1.54, 1.807) is 0 Å². The average molecular weight is 244 g/mol. The molecule has 0 saturated heterocycles. The van der Waals surface area contributed by atoms with Crippen LogP contribution in [0.5, 0.6) is 0 Å². The van der Waals surface area contributed by atoms with Crippen LogP contribution in [0.4, 0.5) is 19.0 Å². The molecule has 1 aromatic rings. The van der Waals surface area contributed by atoms with Crippen LogP contribution in [0.2, 0.25) is 0 Å². The van der Waals surface area contributed by atoms with E-state index in [2.05, 4.69) is 24.1 Å². The van der Waals surface area contributed by atoms with Crippen molar-refractivity contribution < 1.29 is 13.2 Å². The second kappa shape index (κ2) is 4.20. The van der Waals surface area contributed by atoms with Crippen molar-refractivity contribution in [1.82, 2.24) is 4.98 Å². The zero-order chi connectivity index (χ0) is 12.6. The molecule has 1 saturated carbocycles. The second-order valence-corrected chi connectivity index (χ2v) is 5.17. The Hall–Kier alpha value is -1.26. The summed E-state index contributed by atoms with van der Waals surface area (Å²) in [5, 5.41) is 2.87. The van der Waals surface area contributed by atoms with Gasteiger partial charge in [0.05, 0.1) is 0 Å². The third-order valence-corrected chi connectivity index (χ3v) is 3.45. The van der Waals surface area contributed by atoms with E-state index >= 15 is 0 Å². The van der Waals surface area contributed by atoms with Gasteiger partial charge in [-0.25, -0.2) is 8.78 Å². The monoisotopic (exact) mass is 244 g/mol. The number of nitrogens with zero attached hydrogens (tertiary/aromatic N) is 1. The number of hydrogen-bond acceptors (Lipinski definition) is 2. The van der Waals surface area contributed by atoms with Gasteiger partial charge in [-0.1, -0.05) is 20.3 Å². The van der Waals surface area contributed by atoms with E-state index < -0.39 is 17.6 Å². The van der Waals surface area contributed by atoms with Gasteiger partial charge in [0.15, 0.2) is 17.5 Å². The van der Waals surface area contributed by atoms with Gasteiger partial charge in [-0.2, -0.15) is 9.37 Å². The Kier molecular flexibility index (Phi) is 3.02. The van der Waals surface area contributed by atoms with Crippen LogP contribution in [0, 0.1) is 23.0 Å². The molecule has 1 N–H and O–H groups in total. The summed E-state index contributed by atoms with van der Waals surface area (Å²) >= 11 is 0. The molecule has 1 unspecified atom stereocenters. The fraction of sp³-hybridized carbons (Fsp3) is 0.583. The first kappa shape index (κ1) is 12.2. The molecule has 1 atom stereocenters. The van der Waals surface area contributed by atoms with Gasteiger partial charge in [-0.3, -0.25) is 0 Å². The molecule has 1 heterocycles. The molecule has 0 spiro atoms. The fourth-order valence-electron chi connectivity index (χ4n) is 2.30. The molecule has 1 aromatic heterocycles. The minimum Gasteiger partial charge on any atom is -0.364 e. The summed E-state index contributed by atoms with van der Waals surface area (Å²) in [6.45, 7) is 4.13. The van der Waals surface area contributed by atoms with E-state index in [0.717, 1.165) is 19.3 Å². The molecule has 0 radical (unpaired) electrons. The second-order valence-electron chi connectivity index (χ2n) is 5.17. The van der Waals surface area contributed by atoms with E-state index in [9.17, 15) is 13.2 Å². The molecule has 0 aliphatic heterocycles. The van der Waals surface area contributed by atoms with Crippen LogP contribution in [0.3, 0.4) is 0 Å². The molecule has 94 valence electrons. The number of rotatable bonds is 2. The van der Waals surface area contributed by atoms with Gasteiger partial charge >= 0.3 is 0 Å². The van der Waals surface area contributed by atoms with Crippen molar-refractivity contribution in [3.05, 3.63) is 23.6 Å². The van der Waals surface area contributed by atoms with Crippen molar-refractivity contribution in [1.29, 1.82) is 0 Å². The highest BCUT2D eigenvalue weighted by Gasteiger charge is 2.35. The highest BCUT2D eigenvalue weighted by Crippen LogP contribution is 2.39. The maximum atomic E-state index is 13.4. The molecule has 17 heavy (non-hydrogen) atoms. The van der Waals surface area contributed by atoms with Gasteiger partial charge in [0, 0.05) is 12.1 Å². The lowest BCUT2D eigenvalue weighted by molar-refractivity contribution is 0.347. The Morgan fingerprint density at radius 1 is 1.29 bits per heavy atom. The van der Waals surface area contributed by atoms with Gasteiger partial charge < -0.3 is 5.32 Å². The van der Waals surface area contributed by atoms with E-state index in [-0.39, 0.29) is 17.3 Å². The Morgan fingerprint density at radius 2 is 2.00 bits per heavy atom. The quantitative estimate of drug-likeness (QED) is 0.805. The maximum absolute atomic E-state index is 13.4. The van der Waals surface area contributed by atoms with Crippen LogP contribution in [-0.2, 0) is 0 Å². The first-order chi connectivity index (χ1) is 7.90. The molecule has 2 nitrogen and oxygen atoms in total. The highest BCUT2D eigenvalue weighted by atomic mass is 19.2. The zero-order valence-electron chi connectivity index (χ0n) is 9.86. The third kappa shape index (κ3) is 2.37. The van der Waals surface area contributed by atoms with Crippen LogP contribution >= 0.6 is 0 Å². The van der Waals surface area contributed by atoms with E-state index in [1.807, 2.05) is 0 Å². The summed E-state index contributed by atoms with van der Waals surface area (Å²) in [5.74, 6) is -3.60. The Bertz CT molecular complexity index is 432. The van der Waals surface area contributed by atoms with Gasteiger partial charge in [-0.05, 0) is 18.3 Å². The Balaban J connectivity index is 2.22. The van der Waals surface area contributed by atoms with Crippen LogP contribution in [0.1, 0.15) is 33.1 Å². The molecule has 2 rings (SSSR count). The number of anilines is 1. The lowest BCUT2D eigenvalue weighted by atomic mass is 9.87. The van der Waals surface area contributed by atoms with Crippen LogP contribution < -0.4 is 5.32 Å². The molecular formula is C12H15F3N2. The van der Waals surface area contributed by atoms with E-state index in [1.165, 1.54) is 0 Å². The summed E-state index contributed by atoms with van der Waals surface area (Å²) in [6.07, 6.45) is 2.94.